The fourth-order valence-corrected chi connectivity index (χ4v) is 2.62. The minimum atomic E-state index is -1.21. The Hall–Kier alpha value is -1.75. The molecular formula is C14H16O5. The molecule has 1 saturated carbocycles. The van der Waals surface area contributed by atoms with Gasteiger partial charge in [-0.1, -0.05) is 0 Å². The molecule has 1 atom stereocenters. The van der Waals surface area contributed by atoms with E-state index in [9.17, 15) is 9.90 Å². The number of aliphatic hydroxyl groups excluding tert-OH is 1. The first kappa shape index (κ1) is 12.3. The number of ether oxygens (including phenoxy) is 3. The van der Waals surface area contributed by atoms with E-state index in [-0.39, 0.29) is 6.10 Å². The van der Waals surface area contributed by atoms with Gasteiger partial charge in [0.15, 0.2) is 11.5 Å². The third kappa shape index (κ3) is 2.14. The van der Waals surface area contributed by atoms with Gasteiger partial charge in [-0.25, -0.2) is 4.79 Å². The molecule has 3 rings (SSSR count). The molecule has 19 heavy (non-hydrogen) atoms. The molecule has 1 aromatic rings. The van der Waals surface area contributed by atoms with Gasteiger partial charge in [0.1, 0.15) is 0 Å². The van der Waals surface area contributed by atoms with Crippen molar-refractivity contribution in [3.05, 3.63) is 23.3 Å². The van der Waals surface area contributed by atoms with E-state index in [0.29, 0.717) is 22.6 Å². The summed E-state index contributed by atoms with van der Waals surface area (Å²) in [5, 5.41) is 9.61. The zero-order valence-corrected chi connectivity index (χ0v) is 10.7. The molecule has 0 saturated heterocycles. The molecule has 102 valence electrons. The van der Waals surface area contributed by atoms with Crippen LogP contribution in [-0.2, 0) is 4.74 Å². The Morgan fingerprint density at radius 2 is 2.00 bits per heavy atom. The topological polar surface area (TPSA) is 65.0 Å². The van der Waals surface area contributed by atoms with Gasteiger partial charge in [0.2, 0.25) is 6.29 Å². The van der Waals surface area contributed by atoms with Crippen LogP contribution in [0.15, 0.2) is 12.1 Å². The molecule has 0 aromatic heterocycles. The second-order valence-electron chi connectivity index (χ2n) is 4.87. The zero-order chi connectivity index (χ0) is 13.4. The lowest BCUT2D eigenvalue weighted by Crippen LogP contribution is -2.12. The normalized spacial score (nSPS) is 22.2. The number of methoxy groups -OCH3 is 1. The van der Waals surface area contributed by atoms with Crippen molar-refractivity contribution < 1.29 is 24.1 Å². The first-order chi connectivity index (χ1) is 9.19. The van der Waals surface area contributed by atoms with E-state index in [1.54, 1.807) is 12.1 Å². The van der Waals surface area contributed by atoms with Crippen molar-refractivity contribution in [2.45, 2.75) is 38.1 Å². The first-order valence-corrected chi connectivity index (χ1v) is 6.46. The van der Waals surface area contributed by atoms with Crippen molar-refractivity contribution in [2.24, 2.45) is 0 Å². The van der Waals surface area contributed by atoms with E-state index < -0.39 is 12.3 Å². The molecule has 5 nitrogen and oxygen atoms in total. The molecule has 2 aliphatic rings. The van der Waals surface area contributed by atoms with E-state index in [0.717, 1.165) is 12.8 Å². The minimum Gasteiger partial charge on any atom is -0.493 e. The Bertz CT molecular complexity index is 505. The van der Waals surface area contributed by atoms with Crippen LogP contribution >= 0.6 is 0 Å². The maximum Gasteiger partial charge on any atom is 0.341 e. The highest BCUT2D eigenvalue weighted by molar-refractivity contribution is 5.94. The van der Waals surface area contributed by atoms with Crippen LogP contribution in [0.25, 0.3) is 0 Å². The number of aliphatic hydroxyl groups is 1. The second-order valence-corrected chi connectivity index (χ2v) is 4.87. The molecule has 0 radical (unpaired) electrons. The lowest BCUT2D eigenvalue weighted by atomic mass is 10.1. The number of hydrogen-bond donors (Lipinski definition) is 1. The largest absolute Gasteiger partial charge is 0.493 e. The van der Waals surface area contributed by atoms with Crippen molar-refractivity contribution in [2.75, 3.05) is 7.11 Å². The summed E-state index contributed by atoms with van der Waals surface area (Å²) in [4.78, 5) is 11.6. The lowest BCUT2D eigenvalue weighted by molar-refractivity contribution is -0.0548. The Kier molecular flexibility index (Phi) is 3.06. The summed E-state index contributed by atoms with van der Waals surface area (Å²) in [6, 6.07) is 3.21. The van der Waals surface area contributed by atoms with Crippen LogP contribution in [0.5, 0.6) is 11.5 Å². The van der Waals surface area contributed by atoms with Gasteiger partial charge in [-0.15, -0.1) is 0 Å². The van der Waals surface area contributed by atoms with Gasteiger partial charge in [-0.3, -0.25) is 0 Å². The van der Waals surface area contributed by atoms with Gasteiger partial charge in [-0.2, -0.15) is 0 Å². The Balaban J connectivity index is 1.94. The summed E-state index contributed by atoms with van der Waals surface area (Å²) in [7, 11) is 1.53. The molecule has 1 aliphatic carbocycles. The number of benzene rings is 1. The summed E-state index contributed by atoms with van der Waals surface area (Å²) in [6.45, 7) is 0. The van der Waals surface area contributed by atoms with Crippen LogP contribution < -0.4 is 9.47 Å². The predicted molar refractivity (Wildman–Crippen MR) is 66.3 cm³/mol. The quantitative estimate of drug-likeness (QED) is 0.848. The molecule has 0 bridgehead atoms. The maximum atomic E-state index is 11.6. The molecular weight excluding hydrogens is 248 g/mol. The summed E-state index contributed by atoms with van der Waals surface area (Å²) in [6.07, 6.45) is 3.34. The van der Waals surface area contributed by atoms with Crippen LogP contribution in [0.2, 0.25) is 0 Å². The predicted octanol–water partition coefficient (Wildman–Crippen LogP) is 2.18. The maximum absolute atomic E-state index is 11.6. The average Bonchev–Trinajstić information content (AvgIpc) is 2.99. The van der Waals surface area contributed by atoms with E-state index >= 15 is 0 Å². The third-order valence-corrected chi connectivity index (χ3v) is 3.64. The monoisotopic (exact) mass is 264 g/mol. The molecule has 1 aromatic carbocycles. The molecule has 1 unspecified atom stereocenters. The summed E-state index contributed by atoms with van der Waals surface area (Å²) in [5.74, 6) is 0.531. The van der Waals surface area contributed by atoms with Gasteiger partial charge in [0.05, 0.1) is 18.8 Å². The van der Waals surface area contributed by atoms with E-state index in [2.05, 4.69) is 0 Å². The number of cyclic esters (lactones) is 1. The number of hydrogen-bond acceptors (Lipinski definition) is 5. The van der Waals surface area contributed by atoms with Crippen molar-refractivity contribution >= 4 is 5.97 Å². The summed E-state index contributed by atoms with van der Waals surface area (Å²) < 4.78 is 15.9. The average molecular weight is 264 g/mol. The van der Waals surface area contributed by atoms with Crippen LogP contribution in [0.1, 0.15) is 47.9 Å². The van der Waals surface area contributed by atoms with E-state index in [4.69, 9.17) is 14.2 Å². The molecule has 5 heteroatoms. The molecule has 1 heterocycles. The second kappa shape index (κ2) is 4.74. The van der Waals surface area contributed by atoms with Crippen LogP contribution in [-0.4, -0.2) is 24.3 Å². The number of fused-ring (bicyclic) bond motifs is 1. The van der Waals surface area contributed by atoms with Crippen molar-refractivity contribution in [1.29, 1.82) is 0 Å². The van der Waals surface area contributed by atoms with Crippen molar-refractivity contribution in [1.82, 2.24) is 0 Å². The van der Waals surface area contributed by atoms with Gasteiger partial charge in [0, 0.05) is 5.56 Å². The standard InChI is InChI=1S/C14H16O5/c1-17-11-6-9-10(14(16)19-13(9)15)7-12(11)18-8-4-2-3-5-8/h6-8,13,15H,2-5H2,1H3. The highest BCUT2D eigenvalue weighted by atomic mass is 16.6. The van der Waals surface area contributed by atoms with Crippen LogP contribution in [0.3, 0.4) is 0 Å². The zero-order valence-electron chi connectivity index (χ0n) is 10.7. The highest BCUT2D eigenvalue weighted by Crippen LogP contribution is 2.39. The van der Waals surface area contributed by atoms with Gasteiger partial charge in [-0.05, 0) is 37.8 Å². The van der Waals surface area contributed by atoms with Gasteiger partial charge in [0.25, 0.3) is 0 Å². The van der Waals surface area contributed by atoms with E-state index in [1.807, 2.05) is 0 Å². The Morgan fingerprint density at radius 3 is 2.68 bits per heavy atom. The molecule has 0 spiro atoms. The number of carbonyl (C=O) groups excluding carboxylic acids is 1. The lowest BCUT2D eigenvalue weighted by Gasteiger charge is -2.16. The summed E-state index contributed by atoms with van der Waals surface area (Å²) in [5.41, 5.74) is 0.780. The fraction of sp³-hybridized carbons (Fsp3) is 0.500. The molecule has 1 fully saturated rings. The molecule has 0 amide bonds. The van der Waals surface area contributed by atoms with Crippen molar-refractivity contribution in [3.8, 4) is 11.5 Å². The third-order valence-electron chi connectivity index (χ3n) is 3.64. The van der Waals surface area contributed by atoms with Crippen molar-refractivity contribution in [3.63, 3.8) is 0 Å². The molecule has 1 aliphatic heterocycles. The first-order valence-electron chi connectivity index (χ1n) is 6.46. The number of esters is 1. The van der Waals surface area contributed by atoms with Gasteiger partial charge >= 0.3 is 5.97 Å². The Labute approximate surface area is 111 Å². The minimum absolute atomic E-state index is 0.175. The fourth-order valence-electron chi connectivity index (χ4n) is 2.62. The van der Waals surface area contributed by atoms with Crippen LogP contribution in [0, 0.1) is 0 Å². The van der Waals surface area contributed by atoms with Crippen LogP contribution in [0.4, 0.5) is 0 Å². The number of rotatable bonds is 3. The van der Waals surface area contributed by atoms with E-state index in [1.165, 1.54) is 20.0 Å². The Morgan fingerprint density at radius 1 is 1.26 bits per heavy atom. The molecule has 1 N–H and O–H groups in total. The summed E-state index contributed by atoms with van der Waals surface area (Å²) >= 11 is 0. The number of carbonyl (C=O) groups is 1. The van der Waals surface area contributed by atoms with Gasteiger partial charge < -0.3 is 19.3 Å². The SMILES string of the molecule is COc1cc2c(cc1OC1CCCC1)C(=O)OC2O. The highest BCUT2D eigenvalue weighted by Gasteiger charge is 2.32. The smallest absolute Gasteiger partial charge is 0.341 e.